The van der Waals surface area contributed by atoms with Crippen LogP contribution in [0, 0.1) is 6.92 Å². The lowest BCUT2D eigenvalue weighted by molar-refractivity contribution is 0.875. The number of aromatic amines is 1. The van der Waals surface area contributed by atoms with E-state index in [-0.39, 0.29) is 0 Å². The first-order chi connectivity index (χ1) is 7.25. The van der Waals surface area contributed by atoms with Crippen LogP contribution in [0.5, 0.6) is 0 Å². The second-order valence-electron chi connectivity index (χ2n) is 3.01. The van der Waals surface area contributed by atoms with Gasteiger partial charge in [-0.1, -0.05) is 6.07 Å². The fourth-order valence-electron chi connectivity index (χ4n) is 1.14. The molecule has 0 spiro atoms. The summed E-state index contributed by atoms with van der Waals surface area (Å²) in [7, 11) is 0. The van der Waals surface area contributed by atoms with Crippen molar-refractivity contribution in [1.82, 2.24) is 15.2 Å². The van der Waals surface area contributed by atoms with Gasteiger partial charge in [0.2, 0.25) is 0 Å². The van der Waals surface area contributed by atoms with Gasteiger partial charge in [0.25, 0.3) is 0 Å². The van der Waals surface area contributed by atoms with Crippen LogP contribution in [0.1, 0.15) is 10.6 Å². The average molecular weight is 222 g/mol. The van der Waals surface area contributed by atoms with E-state index in [2.05, 4.69) is 20.5 Å². The minimum atomic E-state index is -0.436. The molecule has 0 radical (unpaired) electrons. The Hall–Kier alpha value is -1.69. The van der Waals surface area contributed by atoms with Gasteiger partial charge >= 0.3 is 5.69 Å². The van der Waals surface area contributed by atoms with Gasteiger partial charge in [0, 0.05) is 4.88 Å². The molecule has 0 atom stereocenters. The third-order valence-corrected chi connectivity index (χ3v) is 2.76. The van der Waals surface area contributed by atoms with Crippen LogP contribution in [0.25, 0.3) is 0 Å². The van der Waals surface area contributed by atoms with Crippen LogP contribution < -0.4 is 11.0 Å². The first-order valence-corrected chi connectivity index (χ1v) is 5.33. The lowest BCUT2D eigenvalue weighted by Crippen LogP contribution is -2.16. The third-order valence-electron chi connectivity index (χ3n) is 1.89. The monoisotopic (exact) mass is 222 g/mol. The first kappa shape index (κ1) is 9.85. The Labute approximate surface area is 90.2 Å². The molecule has 2 heterocycles. The second kappa shape index (κ2) is 4.22. The number of aryl methyl sites for hydroxylation is 1. The van der Waals surface area contributed by atoms with Crippen molar-refractivity contribution in [2.45, 2.75) is 13.5 Å². The molecule has 0 saturated carbocycles. The highest BCUT2D eigenvalue weighted by atomic mass is 32.1. The largest absolute Gasteiger partial charge is 0.363 e. The molecule has 2 aromatic heterocycles. The van der Waals surface area contributed by atoms with Crippen molar-refractivity contribution >= 4 is 17.2 Å². The Balaban J connectivity index is 2.11. The molecule has 2 aromatic rings. The molecule has 0 bridgehead atoms. The Kier molecular flexibility index (Phi) is 2.77. The van der Waals surface area contributed by atoms with Crippen molar-refractivity contribution in [1.29, 1.82) is 0 Å². The maximum absolute atomic E-state index is 10.9. The predicted molar refractivity (Wildman–Crippen MR) is 59.0 cm³/mol. The molecule has 6 heteroatoms. The maximum Gasteiger partial charge on any atom is 0.363 e. The van der Waals surface area contributed by atoms with E-state index in [1.165, 1.54) is 4.88 Å². The minimum Gasteiger partial charge on any atom is -0.363 e. The van der Waals surface area contributed by atoms with Crippen LogP contribution in [0.4, 0.5) is 5.82 Å². The smallest absolute Gasteiger partial charge is 0.363 e. The zero-order chi connectivity index (χ0) is 10.7. The Bertz CT molecular complexity index is 491. The zero-order valence-corrected chi connectivity index (χ0v) is 8.97. The van der Waals surface area contributed by atoms with E-state index in [4.69, 9.17) is 0 Å². The molecule has 0 unspecified atom stereocenters. The van der Waals surface area contributed by atoms with E-state index in [1.807, 2.05) is 17.5 Å². The zero-order valence-electron chi connectivity index (χ0n) is 8.15. The normalized spacial score (nSPS) is 10.2. The van der Waals surface area contributed by atoms with Gasteiger partial charge in [0.15, 0.2) is 5.82 Å². The molecule has 0 aliphatic rings. The third kappa shape index (κ3) is 2.41. The molecule has 0 aromatic carbocycles. The molecule has 0 aliphatic heterocycles. The summed E-state index contributed by atoms with van der Waals surface area (Å²) in [5.74, 6) is 0.534. The summed E-state index contributed by atoms with van der Waals surface area (Å²) in [4.78, 5) is 15.9. The van der Waals surface area contributed by atoms with Crippen molar-refractivity contribution in [3.63, 3.8) is 0 Å². The average Bonchev–Trinajstić information content (AvgIpc) is 2.72. The Morgan fingerprint density at radius 3 is 3.20 bits per heavy atom. The Morgan fingerprint density at radius 2 is 2.47 bits per heavy atom. The van der Waals surface area contributed by atoms with Crippen LogP contribution in [-0.4, -0.2) is 15.2 Å². The number of aromatic nitrogens is 3. The molecule has 0 saturated heterocycles. The maximum atomic E-state index is 10.9. The van der Waals surface area contributed by atoms with Gasteiger partial charge in [-0.15, -0.1) is 11.3 Å². The van der Waals surface area contributed by atoms with Gasteiger partial charge in [-0.25, -0.2) is 9.89 Å². The number of rotatable bonds is 3. The summed E-state index contributed by atoms with van der Waals surface area (Å²) in [6, 6.07) is 4.01. The quantitative estimate of drug-likeness (QED) is 0.817. The van der Waals surface area contributed by atoms with Gasteiger partial charge in [-0.2, -0.15) is 10.1 Å². The fourth-order valence-corrected chi connectivity index (χ4v) is 1.79. The molecule has 0 amide bonds. The number of nitrogens with one attached hydrogen (secondary N) is 2. The van der Waals surface area contributed by atoms with Gasteiger partial charge in [0.1, 0.15) is 5.69 Å². The fraction of sp³-hybridized carbons (Fsp3) is 0.222. The molecule has 2 N–H and O–H groups in total. The summed E-state index contributed by atoms with van der Waals surface area (Å²) >= 11 is 1.66. The van der Waals surface area contributed by atoms with Crippen LogP contribution in [0.3, 0.4) is 0 Å². The summed E-state index contributed by atoms with van der Waals surface area (Å²) in [6.07, 6.45) is 0. The number of nitrogens with zero attached hydrogens (tertiary/aromatic N) is 2. The van der Waals surface area contributed by atoms with E-state index in [1.54, 1.807) is 18.3 Å². The summed E-state index contributed by atoms with van der Waals surface area (Å²) in [5.41, 5.74) is 0.250. The molecule has 0 aliphatic carbocycles. The first-order valence-electron chi connectivity index (χ1n) is 4.45. The molecule has 78 valence electrons. The van der Waals surface area contributed by atoms with E-state index >= 15 is 0 Å². The van der Waals surface area contributed by atoms with E-state index in [0.717, 1.165) is 0 Å². The van der Waals surface area contributed by atoms with E-state index in [9.17, 15) is 4.79 Å². The van der Waals surface area contributed by atoms with Crippen molar-refractivity contribution in [3.05, 3.63) is 38.6 Å². The molecular weight excluding hydrogens is 212 g/mol. The number of hydrogen-bond acceptors (Lipinski definition) is 5. The van der Waals surface area contributed by atoms with Crippen molar-refractivity contribution in [3.8, 4) is 0 Å². The van der Waals surface area contributed by atoms with Crippen LogP contribution in [0.2, 0.25) is 0 Å². The van der Waals surface area contributed by atoms with Crippen LogP contribution in [-0.2, 0) is 6.54 Å². The molecule has 5 nitrogen and oxygen atoms in total. The lowest BCUT2D eigenvalue weighted by atomic mass is 10.4. The molecular formula is C9H10N4OS. The number of hydrogen-bond donors (Lipinski definition) is 2. The standard InChI is InChI=1S/C9H10N4OS/c1-6-8(11-9(14)13-12-6)10-5-7-3-2-4-15-7/h2-4H,5H2,1H3,(H2,10,11,13,14). The van der Waals surface area contributed by atoms with Crippen molar-refractivity contribution < 1.29 is 0 Å². The highest BCUT2D eigenvalue weighted by Crippen LogP contribution is 2.11. The van der Waals surface area contributed by atoms with Crippen molar-refractivity contribution in [2.24, 2.45) is 0 Å². The lowest BCUT2D eigenvalue weighted by Gasteiger charge is -2.04. The summed E-state index contributed by atoms with van der Waals surface area (Å²) < 4.78 is 0. The van der Waals surface area contributed by atoms with E-state index < -0.39 is 5.69 Å². The second-order valence-corrected chi connectivity index (χ2v) is 4.04. The highest BCUT2D eigenvalue weighted by Gasteiger charge is 2.02. The van der Waals surface area contributed by atoms with Gasteiger partial charge in [-0.05, 0) is 18.4 Å². The van der Waals surface area contributed by atoms with E-state index in [0.29, 0.717) is 18.1 Å². The number of anilines is 1. The van der Waals surface area contributed by atoms with Crippen molar-refractivity contribution in [2.75, 3.05) is 5.32 Å². The molecule has 0 fully saturated rings. The highest BCUT2D eigenvalue weighted by molar-refractivity contribution is 7.09. The van der Waals surface area contributed by atoms with Gasteiger partial charge in [-0.3, -0.25) is 0 Å². The van der Waals surface area contributed by atoms with Gasteiger partial charge < -0.3 is 5.32 Å². The molecule has 15 heavy (non-hydrogen) atoms. The minimum absolute atomic E-state index is 0.436. The number of thiophene rings is 1. The predicted octanol–water partition coefficient (Wildman–Crippen LogP) is 1.15. The van der Waals surface area contributed by atoms with Gasteiger partial charge in [0.05, 0.1) is 6.54 Å². The SMILES string of the molecule is Cc1n[nH]c(=O)nc1NCc1cccs1. The Morgan fingerprint density at radius 1 is 1.60 bits per heavy atom. The summed E-state index contributed by atoms with van der Waals surface area (Å²) in [6.45, 7) is 2.45. The van der Waals surface area contributed by atoms with Crippen LogP contribution in [0.15, 0.2) is 22.3 Å². The molecule has 2 rings (SSSR count). The van der Waals surface area contributed by atoms with Crippen LogP contribution >= 0.6 is 11.3 Å². The number of H-pyrrole nitrogens is 1. The summed E-state index contributed by atoms with van der Waals surface area (Å²) in [5, 5.41) is 11.2. The topological polar surface area (TPSA) is 70.7 Å².